The quantitative estimate of drug-likeness (QED) is 0.588. The number of nitrogens with one attached hydrogen (secondary N) is 2. The highest BCUT2D eigenvalue weighted by Gasteiger charge is 2.22. The van der Waals surface area contributed by atoms with Crippen molar-refractivity contribution in [2.45, 2.75) is 41.0 Å². The molecule has 1 aromatic heterocycles. The molecule has 1 heterocycles. The summed E-state index contributed by atoms with van der Waals surface area (Å²) in [6.45, 7) is 12.1. The lowest BCUT2D eigenvalue weighted by Crippen LogP contribution is -2.25. The van der Waals surface area contributed by atoms with E-state index in [0.717, 1.165) is 13.0 Å². The predicted octanol–water partition coefficient (Wildman–Crippen LogP) is 3.91. The Morgan fingerprint density at radius 3 is 2.52 bits per heavy atom. The lowest BCUT2D eigenvalue weighted by atomic mass is 9.82. The fraction of sp³-hybridized carbons (Fsp3) is 0.667. The van der Waals surface area contributed by atoms with Crippen molar-refractivity contribution in [3.05, 3.63) is 22.2 Å². The number of rotatable bonds is 7. The van der Waals surface area contributed by atoms with Crippen LogP contribution in [0.1, 0.15) is 41.0 Å². The summed E-state index contributed by atoms with van der Waals surface area (Å²) < 4.78 is 0. The van der Waals surface area contributed by atoms with E-state index >= 15 is 0 Å². The van der Waals surface area contributed by atoms with E-state index in [4.69, 9.17) is 0 Å². The maximum absolute atomic E-state index is 11.1. The molecule has 1 unspecified atom stereocenters. The van der Waals surface area contributed by atoms with Crippen LogP contribution in [0.15, 0.2) is 12.1 Å². The number of nitro groups is 1. The minimum atomic E-state index is -0.402. The van der Waals surface area contributed by atoms with Crippen LogP contribution < -0.4 is 10.6 Å². The molecule has 0 aliphatic heterocycles. The Labute approximate surface area is 126 Å². The van der Waals surface area contributed by atoms with E-state index in [1.807, 2.05) is 0 Å². The topological polar surface area (TPSA) is 80.1 Å². The van der Waals surface area contributed by atoms with Gasteiger partial charge in [0, 0.05) is 19.2 Å². The van der Waals surface area contributed by atoms with Gasteiger partial charge in [0.2, 0.25) is 5.82 Å². The second-order valence-electron chi connectivity index (χ2n) is 6.40. The Balaban J connectivity index is 2.88. The van der Waals surface area contributed by atoms with Crippen LogP contribution in [0.3, 0.4) is 0 Å². The summed E-state index contributed by atoms with van der Waals surface area (Å²) in [7, 11) is 0. The third-order valence-corrected chi connectivity index (χ3v) is 3.68. The van der Waals surface area contributed by atoms with Gasteiger partial charge in [0.05, 0.1) is 4.92 Å². The van der Waals surface area contributed by atoms with Crippen molar-refractivity contribution < 1.29 is 4.92 Å². The zero-order chi connectivity index (χ0) is 16.0. The molecule has 0 fully saturated rings. The van der Waals surface area contributed by atoms with Crippen molar-refractivity contribution in [3.8, 4) is 0 Å². The molecule has 118 valence electrons. The molecule has 0 bridgehead atoms. The second-order valence-corrected chi connectivity index (χ2v) is 6.40. The fourth-order valence-corrected chi connectivity index (χ4v) is 1.64. The zero-order valence-corrected chi connectivity index (χ0v) is 13.6. The molecule has 21 heavy (non-hydrogen) atoms. The van der Waals surface area contributed by atoms with Gasteiger partial charge in [-0.25, -0.2) is 4.98 Å². The van der Waals surface area contributed by atoms with Gasteiger partial charge in [0.15, 0.2) is 0 Å². The molecule has 0 amide bonds. The molecule has 0 aliphatic rings. The molecule has 1 atom stereocenters. The van der Waals surface area contributed by atoms with Gasteiger partial charge in [0.1, 0.15) is 5.82 Å². The molecule has 1 rings (SSSR count). The van der Waals surface area contributed by atoms with E-state index in [0.29, 0.717) is 24.1 Å². The lowest BCUT2D eigenvalue weighted by molar-refractivity contribution is -0.384. The molecule has 0 aromatic carbocycles. The monoisotopic (exact) mass is 294 g/mol. The molecule has 0 saturated carbocycles. The maximum Gasteiger partial charge on any atom is 0.311 e. The van der Waals surface area contributed by atoms with Gasteiger partial charge in [-0.05, 0) is 23.8 Å². The van der Waals surface area contributed by atoms with E-state index in [-0.39, 0.29) is 11.1 Å². The fourth-order valence-electron chi connectivity index (χ4n) is 1.64. The van der Waals surface area contributed by atoms with E-state index in [1.54, 1.807) is 6.07 Å². The number of aromatic nitrogens is 1. The first-order valence-corrected chi connectivity index (χ1v) is 7.39. The molecular weight excluding hydrogens is 268 g/mol. The minimum Gasteiger partial charge on any atom is -0.370 e. The van der Waals surface area contributed by atoms with Gasteiger partial charge in [-0.15, -0.1) is 0 Å². The molecule has 0 spiro atoms. The lowest BCUT2D eigenvalue weighted by Gasteiger charge is -2.27. The molecular formula is C15H26N4O2. The number of hydrogen-bond acceptors (Lipinski definition) is 5. The molecule has 0 aliphatic carbocycles. The summed E-state index contributed by atoms with van der Waals surface area (Å²) in [5, 5.41) is 17.4. The molecule has 0 saturated heterocycles. The Hall–Kier alpha value is -1.85. The highest BCUT2D eigenvalue weighted by atomic mass is 16.6. The normalized spacial score (nSPS) is 12.8. The Morgan fingerprint density at radius 1 is 1.33 bits per heavy atom. The Bertz CT molecular complexity index is 483. The van der Waals surface area contributed by atoms with Crippen LogP contribution in [0.2, 0.25) is 0 Å². The summed E-state index contributed by atoms with van der Waals surface area (Å²) in [5.74, 6) is 1.36. The van der Waals surface area contributed by atoms with E-state index in [1.165, 1.54) is 6.07 Å². The van der Waals surface area contributed by atoms with Crippen molar-refractivity contribution in [3.63, 3.8) is 0 Å². The molecule has 6 heteroatoms. The van der Waals surface area contributed by atoms with Crippen LogP contribution in [0.4, 0.5) is 17.3 Å². The molecule has 6 nitrogen and oxygen atoms in total. The standard InChI is InChI=1S/C15H26N4O2/c1-6-9-16-13-8-7-12(19(20)21)14(18-13)17-10-11(2)15(3,4)5/h7-8,11H,6,9-10H2,1-5H3,(H2,16,17,18). The summed E-state index contributed by atoms with van der Waals surface area (Å²) in [4.78, 5) is 15.0. The van der Waals surface area contributed by atoms with Crippen molar-refractivity contribution in [2.75, 3.05) is 23.7 Å². The number of pyridine rings is 1. The van der Waals surface area contributed by atoms with Crippen LogP contribution in [0, 0.1) is 21.4 Å². The maximum atomic E-state index is 11.1. The largest absolute Gasteiger partial charge is 0.370 e. The molecule has 2 N–H and O–H groups in total. The average Bonchev–Trinajstić information content (AvgIpc) is 2.41. The van der Waals surface area contributed by atoms with Crippen molar-refractivity contribution in [1.29, 1.82) is 0 Å². The first kappa shape index (κ1) is 17.2. The third kappa shape index (κ3) is 5.21. The van der Waals surface area contributed by atoms with Crippen LogP contribution in [0.5, 0.6) is 0 Å². The number of hydrogen-bond donors (Lipinski definition) is 2. The van der Waals surface area contributed by atoms with Crippen molar-refractivity contribution >= 4 is 17.3 Å². The first-order valence-electron chi connectivity index (χ1n) is 7.39. The van der Waals surface area contributed by atoms with Crippen LogP contribution in [-0.4, -0.2) is 23.0 Å². The third-order valence-electron chi connectivity index (χ3n) is 3.68. The minimum absolute atomic E-state index is 0.0122. The van der Waals surface area contributed by atoms with Crippen LogP contribution in [-0.2, 0) is 0 Å². The highest BCUT2D eigenvalue weighted by molar-refractivity contribution is 5.60. The van der Waals surface area contributed by atoms with Gasteiger partial charge in [0.25, 0.3) is 0 Å². The van der Waals surface area contributed by atoms with Crippen molar-refractivity contribution in [2.24, 2.45) is 11.3 Å². The Kier molecular flexibility index (Phi) is 5.93. The SMILES string of the molecule is CCCNc1ccc([N+](=O)[O-])c(NCC(C)C(C)(C)C)n1. The van der Waals surface area contributed by atoms with Gasteiger partial charge in [-0.2, -0.15) is 0 Å². The number of nitrogens with zero attached hydrogens (tertiary/aromatic N) is 2. The Morgan fingerprint density at radius 2 is 2.00 bits per heavy atom. The summed E-state index contributed by atoms with van der Waals surface area (Å²) >= 11 is 0. The summed E-state index contributed by atoms with van der Waals surface area (Å²) in [6, 6.07) is 3.14. The highest BCUT2D eigenvalue weighted by Crippen LogP contribution is 2.28. The molecule has 1 aromatic rings. The average molecular weight is 294 g/mol. The van der Waals surface area contributed by atoms with Gasteiger partial charge in [-0.3, -0.25) is 10.1 Å². The van der Waals surface area contributed by atoms with Gasteiger partial charge in [-0.1, -0.05) is 34.6 Å². The van der Waals surface area contributed by atoms with Crippen LogP contribution in [0.25, 0.3) is 0 Å². The van der Waals surface area contributed by atoms with E-state index in [9.17, 15) is 10.1 Å². The first-order chi connectivity index (χ1) is 9.75. The number of anilines is 2. The van der Waals surface area contributed by atoms with Gasteiger partial charge < -0.3 is 10.6 Å². The van der Waals surface area contributed by atoms with Crippen molar-refractivity contribution in [1.82, 2.24) is 4.98 Å². The van der Waals surface area contributed by atoms with E-state index < -0.39 is 4.92 Å². The molecule has 0 radical (unpaired) electrons. The van der Waals surface area contributed by atoms with Crippen LogP contribution >= 0.6 is 0 Å². The van der Waals surface area contributed by atoms with Gasteiger partial charge >= 0.3 is 5.69 Å². The second kappa shape index (κ2) is 7.24. The zero-order valence-electron chi connectivity index (χ0n) is 13.6. The summed E-state index contributed by atoms with van der Waals surface area (Å²) in [6.07, 6.45) is 0.975. The summed E-state index contributed by atoms with van der Waals surface area (Å²) in [5.41, 5.74) is 0.151. The van der Waals surface area contributed by atoms with E-state index in [2.05, 4.69) is 50.2 Å². The smallest absolute Gasteiger partial charge is 0.311 e. The predicted molar refractivity (Wildman–Crippen MR) is 86.8 cm³/mol.